The van der Waals surface area contributed by atoms with Crippen LogP contribution < -0.4 is 0 Å². The van der Waals surface area contributed by atoms with Crippen molar-refractivity contribution in [2.75, 3.05) is 32.9 Å². The van der Waals surface area contributed by atoms with Gasteiger partial charge in [-0.2, -0.15) is 0 Å². The van der Waals surface area contributed by atoms with Crippen molar-refractivity contribution in [3.63, 3.8) is 0 Å². The number of aliphatic hydroxyl groups excluding tert-OH is 1. The molecule has 1 aliphatic rings. The molecular weight excluding hydrogens is 278 g/mol. The SMILES string of the molecule is C=CCOC[C@@H](O)CN(Cc1ccccc1)C[C@H]1CCCO1. The Hall–Kier alpha value is -1.20. The minimum atomic E-state index is -0.495. The molecule has 0 radical (unpaired) electrons. The van der Waals surface area contributed by atoms with Gasteiger partial charge in [-0.15, -0.1) is 6.58 Å². The van der Waals surface area contributed by atoms with Crippen LogP contribution >= 0.6 is 0 Å². The van der Waals surface area contributed by atoms with Crippen molar-refractivity contribution in [1.82, 2.24) is 4.90 Å². The molecule has 4 nitrogen and oxygen atoms in total. The van der Waals surface area contributed by atoms with Crippen LogP contribution in [0.1, 0.15) is 18.4 Å². The average molecular weight is 305 g/mol. The van der Waals surface area contributed by atoms with Crippen LogP contribution in [0.2, 0.25) is 0 Å². The van der Waals surface area contributed by atoms with Gasteiger partial charge in [-0.05, 0) is 18.4 Å². The molecule has 2 atom stereocenters. The van der Waals surface area contributed by atoms with Crippen molar-refractivity contribution in [2.45, 2.75) is 31.6 Å². The summed E-state index contributed by atoms with van der Waals surface area (Å²) < 4.78 is 11.1. The van der Waals surface area contributed by atoms with E-state index < -0.39 is 6.10 Å². The molecular formula is C18H27NO3. The lowest BCUT2D eigenvalue weighted by Gasteiger charge is -2.27. The fourth-order valence-electron chi connectivity index (χ4n) is 2.76. The maximum atomic E-state index is 10.2. The van der Waals surface area contributed by atoms with E-state index in [0.29, 0.717) is 19.8 Å². The van der Waals surface area contributed by atoms with Crippen LogP contribution in [-0.4, -0.2) is 55.1 Å². The molecule has 0 unspecified atom stereocenters. The van der Waals surface area contributed by atoms with E-state index in [0.717, 1.165) is 32.5 Å². The lowest BCUT2D eigenvalue weighted by atomic mass is 10.1. The zero-order valence-corrected chi connectivity index (χ0v) is 13.2. The second kappa shape index (κ2) is 9.74. The minimum absolute atomic E-state index is 0.282. The maximum absolute atomic E-state index is 10.2. The second-order valence-electron chi connectivity index (χ2n) is 5.79. The van der Waals surface area contributed by atoms with E-state index in [1.165, 1.54) is 5.56 Å². The van der Waals surface area contributed by atoms with E-state index in [1.807, 2.05) is 18.2 Å². The molecule has 0 aromatic heterocycles. The van der Waals surface area contributed by atoms with Crippen molar-refractivity contribution in [3.8, 4) is 0 Å². The molecule has 1 aromatic rings. The van der Waals surface area contributed by atoms with E-state index in [9.17, 15) is 5.11 Å². The third-order valence-corrected chi connectivity index (χ3v) is 3.75. The topological polar surface area (TPSA) is 41.9 Å². The Kier molecular flexibility index (Phi) is 7.60. The molecule has 0 spiro atoms. The molecule has 0 saturated carbocycles. The van der Waals surface area contributed by atoms with Gasteiger partial charge >= 0.3 is 0 Å². The number of ether oxygens (including phenoxy) is 2. The van der Waals surface area contributed by atoms with E-state index in [-0.39, 0.29) is 6.10 Å². The lowest BCUT2D eigenvalue weighted by Crippen LogP contribution is -2.39. The Labute approximate surface area is 133 Å². The van der Waals surface area contributed by atoms with Gasteiger partial charge in [0.25, 0.3) is 0 Å². The Morgan fingerprint density at radius 1 is 1.41 bits per heavy atom. The third kappa shape index (κ3) is 6.28. The van der Waals surface area contributed by atoms with Gasteiger partial charge in [0.2, 0.25) is 0 Å². The first-order chi connectivity index (χ1) is 10.8. The van der Waals surface area contributed by atoms with Gasteiger partial charge in [0.1, 0.15) is 0 Å². The number of aliphatic hydroxyl groups is 1. The van der Waals surface area contributed by atoms with Gasteiger partial charge in [0, 0.05) is 26.2 Å². The Bertz CT molecular complexity index is 418. The van der Waals surface area contributed by atoms with E-state index in [2.05, 4.69) is 23.6 Å². The Balaban J connectivity index is 1.86. The fourth-order valence-corrected chi connectivity index (χ4v) is 2.76. The highest BCUT2D eigenvalue weighted by Crippen LogP contribution is 2.15. The smallest absolute Gasteiger partial charge is 0.0900 e. The predicted molar refractivity (Wildman–Crippen MR) is 87.7 cm³/mol. The van der Waals surface area contributed by atoms with Crippen LogP contribution in [0.25, 0.3) is 0 Å². The predicted octanol–water partition coefficient (Wildman–Crippen LogP) is 2.23. The van der Waals surface area contributed by atoms with Crippen molar-refractivity contribution in [1.29, 1.82) is 0 Å². The fraction of sp³-hybridized carbons (Fsp3) is 0.556. The van der Waals surface area contributed by atoms with Gasteiger partial charge in [0.05, 0.1) is 25.4 Å². The van der Waals surface area contributed by atoms with Gasteiger partial charge in [0.15, 0.2) is 0 Å². The second-order valence-corrected chi connectivity index (χ2v) is 5.79. The zero-order valence-electron chi connectivity index (χ0n) is 13.2. The molecule has 1 heterocycles. The van der Waals surface area contributed by atoms with Crippen LogP contribution in [0.4, 0.5) is 0 Å². The summed E-state index contributed by atoms with van der Waals surface area (Å²) in [5, 5.41) is 10.2. The summed E-state index contributed by atoms with van der Waals surface area (Å²) in [5.41, 5.74) is 1.25. The molecule has 4 heteroatoms. The largest absolute Gasteiger partial charge is 0.389 e. The number of nitrogens with zero attached hydrogens (tertiary/aromatic N) is 1. The number of rotatable bonds is 10. The average Bonchev–Trinajstić information content (AvgIpc) is 3.01. The summed E-state index contributed by atoms with van der Waals surface area (Å²) in [7, 11) is 0. The minimum Gasteiger partial charge on any atom is -0.389 e. The van der Waals surface area contributed by atoms with Gasteiger partial charge in [-0.25, -0.2) is 0 Å². The van der Waals surface area contributed by atoms with E-state index in [4.69, 9.17) is 9.47 Å². The standard InChI is InChI=1S/C18H27NO3/c1-2-10-21-15-17(20)13-19(14-18-9-6-11-22-18)12-16-7-4-3-5-8-16/h2-5,7-8,17-18,20H,1,6,9-15H2/t17-,18+/m0/s1. The third-order valence-electron chi connectivity index (χ3n) is 3.75. The van der Waals surface area contributed by atoms with Gasteiger partial charge in [-0.1, -0.05) is 36.4 Å². The molecule has 1 aromatic carbocycles. The van der Waals surface area contributed by atoms with E-state index >= 15 is 0 Å². The number of benzene rings is 1. The van der Waals surface area contributed by atoms with Crippen LogP contribution in [-0.2, 0) is 16.0 Å². The molecule has 1 fully saturated rings. The van der Waals surface area contributed by atoms with Crippen molar-refractivity contribution >= 4 is 0 Å². The van der Waals surface area contributed by atoms with Crippen LogP contribution in [0.5, 0.6) is 0 Å². The van der Waals surface area contributed by atoms with Crippen LogP contribution in [0, 0.1) is 0 Å². The quantitative estimate of drug-likeness (QED) is 0.532. The monoisotopic (exact) mass is 305 g/mol. The first-order valence-corrected chi connectivity index (χ1v) is 8.02. The Morgan fingerprint density at radius 3 is 2.91 bits per heavy atom. The molecule has 0 amide bonds. The normalized spacial score (nSPS) is 19.5. The summed E-state index contributed by atoms with van der Waals surface area (Å²) in [5.74, 6) is 0. The van der Waals surface area contributed by atoms with Crippen LogP contribution in [0.3, 0.4) is 0 Å². The molecule has 0 aliphatic carbocycles. The van der Waals surface area contributed by atoms with E-state index in [1.54, 1.807) is 6.08 Å². The van der Waals surface area contributed by atoms with Crippen molar-refractivity contribution in [3.05, 3.63) is 48.6 Å². The van der Waals surface area contributed by atoms with Gasteiger partial charge < -0.3 is 14.6 Å². The zero-order chi connectivity index (χ0) is 15.6. The molecule has 122 valence electrons. The van der Waals surface area contributed by atoms with Crippen molar-refractivity contribution in [2.24, 2.45) is 0 Å². The van der Waals surface area contributed by atoms with Crippen molar-refractivity contribution < 1.29 is 14.6 Å². The number of hydrogen-bond acceptors (Lipinski definition) is 4. The summed E-state index contributed by atoms with van der Waals surface area (Å²) in [6.45, 7) is 7.54. The first kappa shape index (κ1) is 17.2. The highest BCUT2D eigenvalue weighted by Gasteiger charge is 2.21. The summed E-state index contributed by atoms with van der Waals surface area (Å²) in [6, 6.07) is 10.3. The first-order valence-electron chi connectivity index (χ1n) is 8.02. The molecule has 1 aliphatic heterocycles. The summed E-state index contributed by atoms with van der Waals surface area (Å²) in [4.78, 5) is 2.26. The lowest BCUT2D eigenvalue weighted by molar-refractivity contribution is 0.00856. The molecule has 0 bridgehead atoms. The molecule has 1 N–H and O–H groups in total. The Morgan fingerprint density at radius 2 is 2.23 bits per heavy atom. The summed E-state index contributed by atoms with van der Waals surface area (Å²) in [6.07, 6.45) is 3.72. The highest BCUT2D eigenvalue weighted by molar-refractivity contribution is 5.14. The number of hydrogen-bond donors (Lipinski definition) is 1. The molecule has 1 saturated heterocycles. The maximum Gasteiger partial charge on any atom is 0.0900 e. The summed E-state index contributed by atoms with van der Waals surface area (Å²) >= 11 is 0. The van der Waals surface area contributed by atoms with Crippen LogP contribution in [0.15, 0.2) is 43.0 Å². The highest BCUT2D eigenvalue weighted by atomic mass is 16.5. The van der Waals surface area contributed by atoms with Gasteiger partial charge in [-0.3, -0.25) is 4.90 Å². The molecule has 22 heavy (non-hydrogen) atoms. The molecule has 2 rings (SSSR count).